The second kappa shape index (κ2) is 4.13. The van der Waals surface area contributed by atoms with Crippen LogP contribution in [0.2, 0.25) is 4.34 Å². The monoisotopic (exact) mass is 272 g/mol. The molecule has 1 heterocycles. The zero-order valence-electron chi connectivity index (χ0n) is 5.90. The van der Waals surface area contributed by atoms with E-state index in [9.17, 15) is 0 Å². The first-order valence-corrected chi connectivity index (χ1v) is 5.66. The van der Waals surface area contributed by atoms with E-state index in [4.69, 9.17) is 23.2 Å². The lowest BCUT2D eigenvalue weighted by molar-refractivity contribution is 0.901. The normalized spacial score (nSPS) is 13.5. The zero-order chi connectivity index (χ0) is 8.43. The van der Waals surface area contributed by atoms with Crippen molar-refractivity contribution >= 4 is 50.5 Å². The fourth-order valence-corrected chi connectivity index (χ4v) is 2.71. The van der Waals surface area contributed by atoms with Crippen LogP contribution < -0.4 is 0 Å². The Labute approximate surface area is 88.6 Å². The maximum atomic E-state index is 6.01. The summed E-state index contributed by atoms with van der Waals surface area (Å²) < 4.78 is 1.72. The first-order chi connectivity index (χ1) is 5.15. The lowest BCUT2D eigenvalue weighted by Crippen LogP contribution is -1.80. The highest BCUT2D eigenvalue weighted by atomic mass is 79.9. The van der Waals surface area contributed by atoms with Crippen molar-refractivity contribution in [3.05, 3.63) is 19.8 Å². The summed E-state index contributed by atoms with van der Waals surface area (Å²) in [5, 5.41) is 0.101. The van der Waals surface area contributed by atoms with Gasteiger partial charge in [0.1, 0.15) is 4.34 Å². The van der Waals surface area contributed by atoms with E-state index in [2.05, 4.69) is 22.9 Å². The van der Waals surface area contributed by atoms with Crippen LogP contribution in [0, 0.1) is 0 Å². The molecule has 0 saturated heterocycles. The van der Waals surface area contributed by atoms with Crippen LogP contribution in [-0.2, 0) is 0 Å². The predicted octanol–water partition coefficient (Wildman–Crippen LogP) is 4.85. The minimum absolute atomic E-state index is 0.101. The van der Waals surface area contributed by atoms with Crippen molar-refractivity contribution in [2.75, 3.05) is 0 Å². The Bertz CT molecular complexity index is 227. The molecule has 0 aliphatic carbocycles. The Balaban J connectivity index is 2.88. The van der Waals surface area contributed by atoms with Gasteiger partial charge in [-0.05, 0) is 28.4 Å². The van der Waals surface area contributed by atoms with E-state index < -0.39 is 0 Å². The second-order valence-corrected chi connectivity index (χ2v) is 5.21. The smallest absolute Gasteiger partial charge is 0.107 e. The predicted molar refractivity (Wildman–Crippen MR) is 55.9 cm³/mol. The van der Waals surface area contributed by atoms with E-state index in [0.29, 0.717) is 0 Å². The van der Waals surface area contributed by atoms with Gasteiger partial charge in [-0.2, -0.15) is 0 Å². The summed E-state index contributed by atoms with van der Waals surface area (Å²) in [5.41, 5.74) is 0. The number of halogens is 3. The van der Waals surface area contributed by atoms with Gasteiger partial charge >= 0.3 is 0 Å². The maximum absolute atomic E-state index is 6.01. The molecule has 0 nitrogen and oxygen atoms in total. The third-order valence-corrected chi connectivity index (χ3v) is 4.59. The molecule has 0 radical (unpaired) electrons. The molecular formula is C7H7BrCl2S. The van der Waals surface area contributed by atoms with E-state index in [-0.39, 0.29) is 5.38 Å². The summed E-state index contributed by atoms with van der Waals surface area (Å²) in [7, 11) is 0. The van der Waals surface area contributed by atoms with E-state index in [1.54, 1.807) is 0 Å². The largest absolute Gasteiger partial charge is 0.126 e. The third-order valence-electron chi connectivity index (χ3n) is 1.33. The van der Waals surface area contributed by atoms with E-state index >= 15 is 0 Å². The third kappa shape index (κ3) is 2.35. The van der Waals surface area contributed by atoms with Gasteiger partial charge in [-0.1, -0.05) is 18.5 Å². The van der Waals surface area contributed by atoms with Crippen LogP contribution in [-0.4, -0.2) is 0 Å². The van der Waals surface area contributed by atoms with Gasteiger partial charge in [-0.25, -0.2) is 0 Å². The molecule has 11 heavy (non-hydrogen) atoms. The van der Waals surface area contributed by atoms with Crippen LogP contribution in [0.15, 0.2) is 10.5 Å². The van der Waals surface area contributed by atoms with Crippen LogP contribution >= 0.6 is 50.5 Å². The molecule has 1 aromatic rings. The molecular weight excluding hydrogens is 267 g/mol. The highest BCUT2D eigenvalue weighted by molar-refractivity contribution is 9.10. The zero-order valence-corrected chi connectivity index (χ0v) is 9.82. The molecule has 0 aliphatic rings. The summed E-state index contributed by atoms with van der Waals surface area (Å²) in [5.74, 6) is 0. The van der Waals surface area contributed by atoms with Gasteiger partial charge in [0.15, 0.2) is 0 Å². The molecule has 0 N–H and O–H groups in total. The van der Waals surface area contributed by atoms with Crippen LogP contribution in [0.1, 0.15) is 23.6 Å². The number of hydrogen-bond donors (Lipinski definition) is 0. The first-order valence-electron chi connectivity index (χ1n) is 3.24. The van der Waals surface area contributed by atoms with Gasteiger partial charge in [-0.3, -0.25) is 0 Å². The quantitative estimate of drug-likeness (QED) is 0.676. The molecule has 1 atom stereocenters. The molecule has 1 aromatic heterocycles. The summed E-state index contributed by atoms with van der Waals surface area (Å²) in [6.07, 6.45) is 0.935. The number of alkyl halides is 1. The SMILES string of the molecule is CCC(Cl)c1cc(Br)c(Cl)s1. The van der Waals surface area contributed by atoms with Crippen LogP contribution in [0.25, 0.3) is 0 Å². The van der Waals surface area contributed by atoms with Crippen LogP contribution in [0.5, 0.6) is 0 Å². The average molecular weight is 274 g/mol. The molecule has 0 spiro atoms. The molecule has 1 rings (SSSR count). The average Bonchev–Trinajstić information content (AvgIpc) is 2.31. The van der Waals surface area contributed by atoms with Gasteiger partial charge < -0.3 is 0 Å². The van der Waals surface area contributed by atoms with Crippen molar-refractivity contribution < 1.29 is 0 Å². The molecule has 0 aromatic carbocycles. The highest BCUT2D eigenvalue weighted by Gasteiger charge is 2.10. The van der Waals surface area contributed by atoms with Gasteiger partial charge in [0.25, 0.3) is 0 Å². The minimum atomic E-state index is 0.101. The van der Waals surface area contributed by atoms with Crippen molar-refractivity contribution in [3.63, 3.8) is 0 Å². The summed E-state index contributed by atoms with van der Waals surface area (Å²) >= 11 is 16.7. The standard InChI is InChI=1S/C7H7BrCl2S/c1-2-5(9)6-3-4(8)7(10)11-6/h3,5H,2H2,1H3. The van der Waals surface area contributed by atoms with Gasteiger partial charge in [0.2, 0.25) is 0 Å². The van der Waals surface area contributed by atoms with Crippen molar-refractivity contribution in [1.29, 1.82) is 0 Å². The minimum Gasteiger partial charge on any atom is -0.126 e. The maximum Gasteiger partial charge on any atom is 0.107 e. The highest BCUT2D eigenvalue weighted by Crippen LogP contribution is 2.38. The van der Waals surface area contributed by atoms with E-state index in [0.717, 1.165) is 20.1 Å². The molecule has 0 fully saturated rings. The molecule has 1 unspecified atom stereocenters. The van der Waals surface area contributed by atoms with Crippen LogP contribution in [0.3, 0.4) is 0 Å². The lowest BCUT2D eigenvalue weighted by Gasteiger charge is -1.99. The molecule has 0 saturated carbocycles. The van der Waals surface area contributed by atoms with Gasteiger partial charge in [0.05, 0.1) is 5.38 Å². The Kier molecular flexibility index (Phi) is 3.69. The fourth-order valence-electron chi connectivity index (χ4n) is 0.719. The van der Waals surface area contributed by atoms with Crippen molar-refractivity contribution in [1.82, 2.24) is 0 Å². The first kappa shape index (κ1) is 9.85. The number of hydrogen-bond acceptors (Lipinski definition) is 1. The Morgan fingerprint density at radius 2 is 2.36 bits per heavy atom. The van der Waals surface area contributed by atoms with Crippen molar-refractivity contribution in [2.24, 2.45) is 0 Å². The molecule has 4 heteroatoms. The fraction of sp³-hybridized carbons (Fsp3) is 0.429. The topological polar surface area (TPSA) is 0 Å². The summed E-state index contributed by atoms with van der Waals surface area (Å²) in [6, 6.07) is 1.98. The molecule has 0 bridgehead atoms. The van der Waals surface area contributed by atoms with E-state index in [1.165, 1.54) is 11.3 Å². The molecule has 0 aliphatic heterocycles. The Morgan fingerprint density at radius 3 is 2.73 bits per heavy atom. The number of rotatable bonds is 2. The lowest BCUT2D eigenvalue weighted by atomic mass is 10.3. The summed E-state index contributed by atoms with van der Waals surface area (Å²) in [4.78, 5) is 1.13. The van der Waals surface area contributed by atoms with Crippen LogP contribution in [0.4, 0.5) is 0 Å². The molecule has 0 amide bonds. The van der Waals surface area contributed by atoms with Crippen molar-refractivity contribution in [3.8, 4) is 0 Å². The van der Waals surface area contributed by atoms with Gasteiger partial charge in [-0.15, -0.1) is 22.9 Å². The van der Waals surface area contributed by atoms with E-state index in [1.807, 2.05) is 6.07 Å². The van der Waals surface area contributed by atoms with Gasteiger partial charge in [0, 0.05) is 9.35 Å². The Hall–Kier alpha value is 0.760. The van der Waals surface area contributed by atoms with Crippen molar-refractivity contribution in [2.45, 2.75) is 18.7 Å². The number of thiophene rings is 1. The Morgan fingerprint density at radius 1 is 1.73 bits per heavy atom. The molecule has 62 valence electrons. The summed E-state index contributed by atoms with van der Waals surface area (Å²) in [6.45, 7) is 2.05. The second-order valence-electron chi connectivity index (χ2n) is 2.15.